The van der Waals surface area contributed by atoms with Crippen molar-refractivity contribution in [3.05, 3.63) is 52.7 Å². The predicted molar refractivity (Wildman–Crippen MR) is 108 cm³/mol. The van der Waals surface area contributed by atoms with Gasteiger partial charge in [-0.15, -0.1) is 11.3 Å². The van der Waals surface area contributed by atoms with E-state index >= 15 is 0 Å². The van der Waals surface area contributed by atoms with Gasteiger partial charge in [-0.2, -0.15) is 0 Å². The van der Waals surface area contributed by atoms with E-state index in [2.05, 4.69) is 17.0 Å². The second-order valence-electron chi connectivity index (χ2n) is 7.15. The van der Waals surface area contributed by atoms with Gasteiger partial charge in [-0.1, -0.05) is 24.3 Å². The number of amides is 2. The number of nitrogens with zero attached hydrogens (tertiary/aromatic N) is 3. The zero-order valence-electron chi connectivity index (χ0n) is 15.4. The number of anilines is 1. The van der Waals surface area contributed by atoms with Crippen LogP contribution >= 0.6 is 11.3 Å². The Morgan fingerprint density at radius 2 is 1.74 bits per heavy atom. The number of piperazine rings is 1. The quantitative estimate of drug-likeness (QED) is 0.815. The van der Waals surface area contributed by atoms with Crippen LogP contribution in [0.25, 0.3) is 0 Å². The van der Waals surface area contributed by atoms with Gasteiger partial charge in [0.2, 0.25) is 11.8 Å². The summed E-state index contributed by atoms with van der Waals surface area (Å²) >= 11 is 1.60. The molecule has 2 aliphatic heterocycles. The highest BCUT2D eigenvalue weighted by Gasteiger charge is 2.37. The molecule has 0 spiro atoms. The Labute approximate surface area is 164 Å². The first-order valence-corrected chi connectivity index (χ1v) is 10.5. The molecule has 1 aromatic heterocycles. The Balaban J connectivity index is 1.35. The normalized spacial score (nSPS) is 20.1. The maximum Gasteiger partial charge on any atom is 0.245 e. The largest absolute Gasteiger partial charge is 0.368 e. The van der Waals surface area contributed by atoms with E-state index in [0.717, 1.165) is 43.9 Å². The molecule has 1 unspecified atom stereocenters. The maximum atomic E-state index is 13.1. The molecular weight excluding hydrogens is 358 g/mol. The van der Waals surface area contributed by atoms with Crippen molar-refractivity contribution in [1.29, 1.82) is 0 Å². The molecule has 0 aliphatic carbocycles. The molecule has 4 rings (SSSR count). The van der Waals surface area contributed by atoms with Crippen molar-refractivity contribution in [2.45, 2.75) is 25.3 Å². The summed E-state index contributed by atoms with van der Waals surface area (Å²) in [4.78, 5) is 32.9. The van der Waals surface area contributed by atoms with E-state index in [9.17, 15) is 9.59 Å². The number of carbonyl (C=O) groups excluding carboxylic acids is 2. The smallest absolute Gasteiger partial charge is 0.245 e. The molecule has 0 radical (unpaired) electrons. The van der Waals surface area contributed by atoms with Gasteiger partial charge in [-0.3, -0.25) is 9.59 Å². The van der Waals surface area contributed by atoms with Crippen LogP contribution in [0.15, 0.2) is 47.8 Å². The Morgan fingerprint density at radius 3 is 2.44 bits per heavy atom. The lowest BCUT2D eigenvalue weighted by Gasteiger charge is -2.38. The van der Waals surface area contributed by atoms with Crippen molar-refractivity contribution in [3.8, 4) is 0 Å². The average Bonchev–Trinajstić information content (AvgIpc) is 3.40. The topological polar surface area (TPSA) is 43.9 Å². The van der Waals surface area contributed by atoms with Crippen LogP contribution in [0.1, 0.15) is 17.7 Å². The van der Waals surface area contributed by atoms with Gasteiger partial charge in [0.05, 0.1) is 6.42 Å². The van der Waals surface area contributed by atoms with E-state index in [-0.39, 0.29) is 17.9 Å². The number of hydrogen-bond acceptors (Lipinski definition) is 4. The maximum absolute atomic E-state index is 13.1. The monoisotopic (exact) mass is 383 g/mol. The number of carbonyl (C=O) groups is 2. The summed E-state index contributed by atoms with van der Waals surface area (Å²) in [6.07, 6.45) is 2.10. The fourth-order valence-corrected chi connectivity index (χ4v) is 4.72. The molecule has 27 heavy (non-hydrogen) atoms. The minimum absolute atomic E-state index is 0.0798. The summed E-state index contributed by atoms with van der Waals surface area (Å²) in [5, 5.41) is 1.99. The van der Waals surface area contributed by atoms with E-state index in [4.69, 9.17) is 0 Å². The standard InChI is InChI=1S/C21H25N3O2S/c25-20(16-18-8-5-15-27-18)24-10-4-9-19(24)21(26)23-13-11-22(12-14-23)17-6-2-1-3-7-17/h1-3,5-8,15,19H,4,9-14,16H2. The first-order valence-electron chi connectivity index (χ1n) is 9.63. The summed E-state index contributed by atoms with van der Waals surface area (Å²) in [5.41, 5.74) is 1.21. The zero-order valence-corrected chi connectivity index (χ0v) is 16.2. The number of likely N-dealkylation sites (tertiary alicyclic amines) is 1. The lowest BCUT2D eigenvalue weighted by atomic mass is 10.1. The van der Waals surface area contributed by atoms with Crippen LogP contribution in [0, 0.1) is 0 Å². The second kappa shape index (κ2) is 8.13. The van der Waals surface area contributed by atoms with Gasteiger partial charge in [-0.25, -0.2) is 0 Å². The Bertz CT molecular complexity index is 770. The highest BCUT2D eigenvalue weighted by Crippen LogP contribution is 2.23. The van der Waals surface area contributed by atoms with E-state index < -0.39 is 0 Å². The molecule has 6 heteroatoms. The summed E-state index contributed by atoms with van der Waals surface area (Å²) in [7, 11) is 0. The summed E-state index contributed by atoms with van der Waals surface area (Å²) in [6.45, 7) is 3.82. The molecule has 5 nitrogen and oxygen atoms in total. The van der Waals surface area contributed by atoms with Crippen LogP contribution in [0.5, 0.6) is 0 Å². The van der Waals surface area contributed by atoms with Crippen LogP contribution in [0.2, 0.25) is 0 Å². The zero-order chi connectivity index (χ0) is 18.6. The average molecular weight is 384 g/mol. The SMILES string of the molecule is O=C(C1CCCN1C(=O)Cc1cccs1)N1CCN(c2ccccc2)CC1. The highest BCUT2D eigenvalue weighted by atomic mass is 32.1. The van der Waals surface area contributed by atoms with Gasteiger partial charge in [0.15, 0.2) is 0 Å². The van der Waals surface area contributed by atoms with Gasteiger partial charge in [-0.05, 0) is 36.4 Å². The summed E-state index contributed by atoms with van der Waals surface area (Å²) < 4.78 is 0. The number of benzene rings is 1. The highest BCUT2D eigenvalue weighted by molar-refractivity contribution is 7.10. The third-order valence-corrected chi connectivity index (χ3v) is 6.35. The lowest BCUT2D eigenvalue weighted by molar-refractivity contribution is -0.143. The number of hydrogen-bond donors (Lipinski definition) is 0. The molecular formula is C21H25N3O2S. The Kier molecular flexibility index (Phi) is 5.43. The van der Waals surface area contributed by atoms with Gasteiger partial charge >= 0.3 is 0 Å². The third-order valence-electron chi connectivity index (χ3n) is 5.48. The van der Waals surface area contributed by atoms with Gasteiger partial charge in [0.25, 0.3) is 0 Å². The van der Waals surface area contributed by atoms with E-state index in [1.54, 1.807) is 11.3 Å². The van der Waals surface area contributed by atoms with Crippen molar-refractivity contribution in [2.24, 2.45) is 0 Å². The molecule has 2 fully saturated rings. The van der Waals surface area contributed by atoms with Crippen molar-refractivity contribution in [3.63, 3.8) is 0 Å². The predicted octanol–water partition coefficient (Wildman–Crippen LogP) is 2.63. The van der Waals surface area contributed by atoms with Crippen LogP contribution in [-0.4, -0.2) is 60.4 Å². The number of rotatable bonds is 4. The molecule has 2 aromatic rings. The number of para-hydroxylation sites is 1. The van der Waals surface area contributed by atoms with Crippen molar-refractivity contribution in [2.75, 3.05) is 37.6 Å². The van der Waals surface area contributed by atoms with Crippen LogP contribution in [0.3, 0.4) is 0 Å². The molecule has 0 bridgehead atoms. The molecule has 2 amide bonds. The van der Waals surface area contributed by atoms with Gasteiger partial charge in [0, 0.05) is 43.3 Å². The lowest BCUT2D eigenvalue weighted by Crippen LogP contribution is -2.54. The third kappa shape index (κ3) is 4.00. The van der Waals surface area contributed by atoms with E-state index in [0.29, 0.717) is 13.0 Å². The molecule has 0 N–H and O–H groups in total. The van der Waals surface area contributed by atoms with Gasteiger partial charge < -0.3 is 14.7 Å². The Morgan fingerprint density at radius 1 is 0.963 bits per heavy atom. The molecule has 1 atom stereocenters. The minimum Gasteiger partial charge on any atom is -0.368 e. The van der Waals surface area contributed by atoms with Crippen LogP contribution in [-0.2, 0) is 16.0 Å². The fraction of sp³-hybridized carbons (Fsp3) is 0.429. The molecule has 0 saturated carbocycles. The fourth-order valence-electron chi connectivity index (χ4n) is 4.02. The minimum atomic E-state index is -0.277. The Hall–Kier alpha value is -2.34. The molecule has 2 aliphatic rings. The number of thiophene rings is 1. The second-order valence-corrected chi connectivity index (χ2v) is 8.18. The van der Waals surface area contributed by atoms with Crippen LogP contribution in [0.4, 0.5) is 5.69 Å². The van der Waals surface area contributed by atoms with Crippen LogP contribution < -0.4 is 4.90 Å². The molecule has 142 valence electrons. The molecule has 2 saturated heterocycles. The summed E-state index contributed by atoms with van der Waals surface area (Å²) in [5.74, 6) is 0.205. The first kappa shape index (κ1) is 18.0. The van der Waals surface area contributed by atoms with Crippen molar-refractivity contribution < 1.29 is 9.59 Å². The molecule has 3 heterocycles. The molecule has 1 aromatic carbocycles. The van der Waals surface area contributed by atoms with E-state index in [1.165, 1.54) is 5.69 Å². The first-order chi connectivity index (χ1) is 13.2. The van der Waals surface area contributed by atoms with Gasteiger partial charge in [0.1, 0.15) is 6.04 Å². The van der Waals surface area contributed by atoms with E-state index in [1.807, 2.05) is 45.5 Å². The van der Waals surface area contributed by atoms with Crippen molar-refractivity contribution in [1.82, 2.24) is 9.80 Å². The van der Waals surface area contributed by atoms with Crippen molar-refractivity contribution >= 4 is 28.8 Å². The summed E-state index contributed by atoms with van der Waals surface area (Å²) in [6, 6.07) is 14.0.